The van der Waals surface area contributed by atoms with E-state index in [1.54, 1.807) is 4.90 Å². The van der Waals surface area contributed by atoms with Crippen LogP contribution < -0.4 is 11.1 Å². The van der Waals surface area contributed by atoms with Crippen LogP contribution in [0.25, 0.3) is 0 Å². The Bertz CT molecular complexity index is 400. The third-order valence-corrected chi connectivity index (χ3v) is 3.93. The lowest BCUT2D eigenvalue weighted by Crippen LogP contribution is -2.54. The van der Waals surface area contributed by atoms with Gasteiger partial charge >= 0.3 is 12.0 Å². The zero-order valence-corrected chi connectivity index (χ0v) is 12.7. The van der Waals surface area contributed by atoms with Crippen molar-refractivity contribution in [2.45, 2.75) is 58.0 Å². The highest BCUT2D eigenvalue weighted by molar-refractivity contribution is 5.80. The number of carboxylic acids is 1. The molecule has 7 heteroatoms. The number of piperidine rings is 1. The van der Waals surface area contributed by atoms with Gasteiger partial charge in [-0.1, -0.05) is 13.3 Å². The van der Waals surface area contributed by atoms with Gasteiger partial charge in [0.2, 0.25) is 5.91 Å². The monoisotopic (exact) mass is 299 g/mol. The highest BCUT2D eigenvalue weighted by Crippen LogP contribution is 2.22. The maximum absolute atomic E-state index is 12.3. The first kappa shape index (κ1) is 17.3. The summed E-state index contributed by atoms with van der Waals surface area (Å²) >= 11 is 0. The number of aliphatic carboxylic acids is 1. The van der Waals surface area contributed by atoms with Crippen LogP contribution >= 0.6 is 0 Å². The molecule has 0 radical (unpaired) electrons. The van der Waals surface area contributed by atoms with E-state index in [9.17, 15) is 14.4 Å². The number of hydrogen-bond donors (Lipinski definition) is 3. The lowest BCUT2D eigenvalue weighted by Gasteiger charge is -2.37. The van der Waals surface area contributed by atoms with Crippen molar-refractivity contribution in [1.82, 2.24) is 10.2 Å². The molecular weight excluding hydrogens is 274 g/mol. The smallest absolute Gasteiger partial charge is 0.317 e. The van der Waals surface area contributed by atoms with Crippen molar-refractivity contribution in [3.05, 3.63) is 0 Å². The molecule has 0 saturated carbocycles. The molecule has 1 aliphatic heterocycles. The minimum absolute atomic E-state index is 0.0210. The van der Waals surface area contributed by atoms with Crippen LogP contribution in [0.5, 0.6) is 0 Å². The predicted molar refractivity (Wildman–Crippen MR) is 77.6 cm³/mol. The molecule has 0 aromatic heterocycles. The molecule has 0 spiro atoms. The summed E-state index contributed by atoms with van der Waals surface area (Å²) in [5, 5.41) is 11.6. The molecule has 0 aromatic carbocycles. The number of carbonyl (C=O) groups is 3. The Morgan fingerprint density at radius 2 is 2.05 bits per heavy atom. The highest BCUT2D eigenvalue weighted by Gasteiger charge is 2.32. The van der Waals surface area contributed by atoms with Crippen LogP contribution in [0, 0.1) is 5.92 Å². The van der Waals surface area contributed by atoms with Crippen LogP contribution in [0.4, 0.5) is 4.79 Å². The zero-order valence-electron chi connectivity index (χ0n) is 12.7. The van der Waals surface area contributed by atoms with Gasteiger partial charge in [0, 0.05) is 18.6 Å². The third kappa shape index (κ3) is 5.24. The summed E-state index contributed by atoms with van der Waals surface area (Å²) < 4.78 is 0. The molecule has 3 unspecified atom stereocenters. The number of nitrogens with zero attached hydrogens (tertiary/aromatic N) is 1. The second kappa shape index (κ2) is 7.85. The molecule has 1 heterocycles. The number of carboxylic acid groups (broad SMARTS) is 1. The SMILES string of the molecule is CCCC(CC(=O)O)NC(=O)N1CC(C(N)=O)CCC1C. The number of nitrogens with one attached hydrogen (secondary N) is 1. The lowest BCUT2D eigenvalue weighted by molar-refractivity contribution is -0.137. The Morgan fingerprint density at radius 1 is 1.38 bits per heavy atom. The average Bonchev–Trinajstić information content (AvgIpc) is 2.38. The predicted octanol–water partition coefficient (Wildman–Crippen LogP) is 0.925. The second-order valence-electron chi connectivity index (χ2n) is 5.71. The molecule has 0 bridgehead atoms. The van der Waals surface area contributed by atoms with E-state index in [4.69, 9.17) is 10.8 Å². The normalized spacial score (nSPS) is 23.4. The maximum atomic E-state index is 12.3. The van der Waals surface area contributed by atoms with Crippen molar-refractivity contribution < 1.29 is 19.5 Å². The Labute approximate surface area is 124 Å². The first-order valence-corrected chi connectivity index (χ1v) is 7.43. The molecule has 0 aliphatic carbocycles. The molecule has 1 aliphatic rings. The van der Waals surface area contributed by atoms with E-state index in [-0.39, 0.29) is 30.5 Å². The molecule has 7 nitrogen and oxygen atoms in total. The summed E-state index contributed by atoms with van der Waals surface area (Å²) in [5.74, 6) is -1.65. The summed E-state index contributed by atoms with van der Waals surface area (Å²) in [6, 6.07) is -0.679. The molecule has 3 atom stereocenters. The standard InChI is InChI=1S/C14H25N3O4/c1-3-4-11(7-12(18)19)16-14(21)17-8-10(13(15)20)6-5-9(17)2/h9-11H,3-8H2,1-2H3,(H2,15,20)(H,16,21)(H,18,19). The van der Waals surface area contributed by atoms with E-state index >= 15 is 0 Å². The van der Waals surface area contributed by atoms with Crippen LogP contribution in [0.3, 0.4) is 0 Å². The fourth-order valence-electron chi connectivity index (χ4n) is 2.66. The molecule has 21 heavy (non-hydrogen) atoms. The fraction of sp³-hybridized carbons (Fsp3) is 0.786. The van der Waals surface area contributed by atoms with Gasteiger partial charge in [-0.2, -0.15) is 0 Å². The van der Waals surface area contributed by atoms with Crippen molar-refractivity contribution in [3.8, 4) is 0 Å². The lowest BCUT2D eigenvalue weighted by atomic mass is 9.93. The van der Waals surface area contributed by atoms with Gasteiger partial charge in [-0.15, -0.1) is 0 Å². The summed E-state index contributed by atoms with van der Waals surface area (Å²) in [6.45, 7) is 4.16. The van der Waals surface area contributed by atoms with Gasteiger partial charge in [-0.3, -0.25) is 9.59 Å². The van der Waals surface area contributed by atoms with E-state index in [1.165, 1.54) is 0 Å². The molecule has 1 rings (SSSR count). The molecule has 120 valence electrons. The summed E-state index contributed by atoms with van der Waals surface area (Å²) in [6.07, 6.45) is 2.71. The van der Waals surface area contributed by atoms with E-state index in [0.717, 1.165) is 12.8 Å². The molecule has 1 saturated heterocycles. The minimum atomic E-state index is -0.935. The summed E-state index contributed by atoms with van der Waals surface area (Å²) in [4.78, 5) is 36.0. The van der Waals surface area contributed by atoms with Crippen LogP contribution in [-0.4, -0.2) is 46.5 Å². The number of rotatable bonds is 6. The average molecular weight is 299 g/mol. The van der Waals surface area contributed by atoms with Gasteiger partial charge in [0.25, 0.3) is 0 Å². The topological polar surface area (TPSA) is 113 Å². The van der Waals surface area contributed by atoms with Crippen molar-refractivity contribution in [1.29, 1.82) is 0 Å². The first-order chi connectivity index (χ1) is 9.85. The van der Waals surface area contributed by atoms with Crippen molar-refractivity contribution in [2.75, 3.05) is 6.54 Å². The number of amides is 3. The quantitative estimate of drug-likeness (QED) is 0.677. The number of carbonyl (C=O) groups excluding carboxylic acids is 2. The Kier molecular flexibility index (Phi) is 6.45. The number of primary amides is 1. The number of hydrogen-bond acceptors (Lipinski definition) is 3. The van der Waals surface area contributed by atoms with E-state index in [1.807, 2.05) is 13.8 Å². The van der Waals surface area contributed by atoms with Gasteiger partial charge in [-0.05, 0) is 26.2 Å². The molecular formula is C14H25N3O4. The first-order valence-electron chi connectivity index (χ1n) is 7.43. The van der Waals surface area contributed by atoms with Crippen LogP contribution in [-0.2, 0) is 9.59 Å². The molecule has 3 amide bonds. The molecule has 4 N–H and O–H groups in total. The van der Waals surface area contributed by atoms with E-state index in [2.05, 4.69) is 5.32 Å². The fourth-order valence-corrected chi connectivity index (χ4v) is 2.66. The number of urea groups is 1. The van der Waals surface area contributed by atoms with Gasteiger partial charge in [0.1, 0.15) is 0 Å². The number of likely N-dealkylation sites (tertiary alicyclic amines) is 1. The molecule has 0 aromatic rings. The van der Waals surface area contributed by atoms with Crippen molar-refractivity contribution in [2.24, 2.45) is 11.7 Å². The second-order valence-corrected chi connectivity index (χ2v) is 5.71. The Balaban J connectivity index is 2.65. The van der Waals surface area contributed by atoms with Crippen molar-refractivity contribution in [3.63, 3.8) is 0 Å². The van der Waals surface area contributed by atoms with E-state index in [0.29, 0.717) is 19.4 Å². The van der Waals surface area contributed by atoms with Crippen LogP contribution in [0.1, 0.15) is 46.0 Å². The summed E-state index contributed by atoms with van der Waals surface area (Å²) in [7, 11) is 0. The van der Waals surface area contributed by atoms with Gasteiger partial charge in [0.15, 0.2) is 0 Å². The van der Waals surface area contributed by atoms with Gasteiger partial charge in [-0.25, -0.2) is 4.79 Å². The highest BCUT2D eigenvalue weighted by atomic mass is 16.4. The Morgan fingerprint density at radius 3 is 2.57 bits per heavy atom. The van der Waals surface area contributed by atoms with Crippen LogP contribution in [0.2, 0.25) is 0 Å². The number of nitrogens with two attached hydrogens (primary N) is 1. The minimum Gasteiger partial charge on any atom is -0.481 e. The van der Waals surface area contributed by atoms with Crippen molar-refractivity contribution >= 4 is 17.9 Å². The van der Waals surface area contributed by atoms with Crippen LogP contribution in [0.15, 0.2) is 0 Å². The third-order valence-electron chi connectivity index (χ3n) is 3.93. The van der Waals surface area contributed by atoms with E-state index < -0.39 is 11.9 Å². The largest absolute Gasteiger partial charge is 0.481 e. The molecule has 1 fully saturated rings. The zero-order chi connectivity index (χ0) is 16.0. The maximum Gasteiger partial charge on any atom is 0.317 e. The van der Waals surface area contributed by atoms with Gasteiger partial charge in [0.05, 0.1) is 12.3 Å². The summed E-state index contributed by atoms with van der Waals surface area (Å²) in [5.41, 5.74) is 5.31. The van der Waals surface area contributed by atoms with Gasteiger partial charge < -0.3 is 21.1 Å². The Hall–Kier alpha value is -1.79.